The van der Waals surface area contributed by atoms with Gasteiger partial charge in [0.25, 0.3) is 0 Å². The topological polar surface area (TPSA) is 115 Å². The van der Waals surface area contributed by atoms with Crippen LogP contribution in [-0.4, -0.2) is 56.9 Å². The molecule has 3 saturated carbocycles. The van der Waals surface area contributed by atoms with Crippen LogP contribution in [0.2, 0.25) is 0 Å². The molecule has 0 aliphatic heterocycles. The minimum atomic E-state index is -1.79. The molecule has 7 atom stereocenters. The smallest absolute Gasteiger partial charge is 0.190 e. The van der Waals surface area contributed by atoms with Crippen LogP contribution in [-0.2, 0) is 9.59 Å². The molecule has 3 fully saturated rings. The largest absolute Gasteiger partial charge is 0.396 e. The number of hydrogen-bond acceptors (Lipinski definition) is 6. The fourth-order valence-corrected chi connectivity index (χ4v) is 7.35. The van der Waals surface area contributed by atoms with Gasteiger partial charge in [0, 0.05) is 11.8 Å². The number of carbonyl (C=O) groups excluding carboxylic acids is 2. The summed E-state index contributed by atoms with van der Waals surface area (Å²) >= 11 is 0. The molecule has 4 rings (SSSR count). The molecule has 0 amide bonds. The summed E-state index contributed by atoms with van der Waals surface area (Å²) in [7, 11) is 0. The fourth-order valence-electron chi connectivity index (χ4n) is 7.35. The predicted octanol–water partition coefficient (Wildman–Crippen LogP) is 0.754. The predicted molar refractivity (Wildman–Crippen MR) is 96.6 cm³/mol. The van der Waals surface area contributed by atoms with Crippen LogP contribution in [0.5, 0.6) is 0 Å². The van der Waals surface area contributed by atoms with Crippen molar-refractivity contribution in [3.05, 3.63) is 11.6 Å². The van der Waals surface area contributed by atoms with Gasteiger partial charge in [-0.2, -0.15) is 0 Å². The Hall–Kier alpha value is -1.08. The number of fused-ring (bicyclic) bond motifs is 5. The highest BCUT2D eigenvalue weighted by atomic mass is 16.3. The van der Waals surface area contributed by atoms with E-state index in [1.165, 1.54) is 0 Å². The summed E-state index contributed by atoms with van der Waals surface area (Å²) < 4.78 is 0. The second kappa shape index (κ2) is 6.21. The highest BCUT2D eigenvalue weighted by Crippen LogP contribution is 2.67. The van der Waals surface area contributed by atoms with Crippen LogP contribution in [0.4, 0.5) is 0 Å². The average molecular weight is 378 g/mol. The summed E-state index contributed by atoms with van der Waals surface area (Å²) in [6.07, 6.45) is 4.72. The number of aliphatic hydroxyl groups excluding tert-OH is 3. The zero-order valence-electron chi connectivity index (χ0n) is 15.9. The van der Waals surface area contributed by atoms with Gasteiger partial charge in [0.05, 0.1) is 12.7 Å². The Bertz CT molecular complexity index is 701. The third-order valence-corrected chi connectivity index (χ3v) is 8.65. The minimum Gasteiger partial charge on any atom is -0.396 e. The van der Waals surface area contributed by atoms with E-state index in [4.69, 9.17) is 0 Å². The lowest BCUT2D eigenvalue weighted by Crippen LogP contribution is -2.64. The van der Waals surface area contributed by atoms with Crippen molar-refractivity contribution in [3.8, 4) is 0 Å². The second-order valence-corrected chi connectivity index (χ2v) is 9.45. The molecule has 0 saturated heterocycles. The van der Waals surface area contributed by atoms with Crippen molar-refractivity contribution in [2.24, 2.45) is 28.6 Å². The first-order valence-corrected chi connectivity index (χ1v) is 10.1. The van der Waals surface area contributed by atoms with Crippen LogP contribution in [0.25, 0.3) is 0 Å². The molecule has 0 spiro atoms. The van der Waals surface area contributed by atoms with Crippen molar-refractivity contribution in [1.82, 2.24) is 0 Å². The van der Waals surface area contributed by atoms with Crippen molar-refractivity contribution in [2.45, 2.75) is 63.6 Å². The van der Waals surface area contributed by atoms with E-state index in [0.29, 0.717) is 19.3 Å². The highest BCUT2D eigenvalue weighted by Gasteiger charge is 2.69. The lowest BCUT2D eigenvalue weighted by Gasteiger charge is -2.60. The van der Waals surface area contributed by atoms with E-state index in [0.717, 1.165) is 18.4 Å². The molecule has 0 radical (unpaired) electrons. The van der Waals surface area contributed by atoms with Crippen LogP contribution < -0.4 is 0 Å². The average Bonchev–Trinajstić information content (AvgIpc) is 2.95. The summed E-state index contributed by atoms with van der Waals surface area (Å²) in [4.78, 5) is 24.3. The molecule has 0 aromatic rings. The SMILES string of the molecule is C[C@]12CCC(=O)C=C1CC[C@H]1[C@@H]3CC[C@](O)(C(=O)CO)[C@@]3(CO)CC(O)[C@@H]12. The van der Waals surface area contributed by atoms with Gasteiger partial charge >= 0.3 is 0 Å². The Morgan fingerprint density at radius 2 is 1.96 bits per heavy atom. The Kier molecular flexibility index (Phi) is 4.43. The molecule has 4 aliphatic rings. The molecule has 4 aliphatic carbocycles. The number of aliphatic hydroxyl groups is 4. The third kappa shape index (κ3) is 2.33. The monoisotopic (exact) mass is 378 g/mol. The van der Waals surface area contributed by atoms with Crippen molar-refractivity contribution >= 4 is 11.6 Å². The van der Waals surface area contributed by atoms with Crippen LogP contribution in [0.1, 0.15) is 51.9 Å². The molecule has 6 nitrogen and oxygen atoms in total. The Morgan fingerprint density at radius 3 is 2.63 bits per heavy atom. The van der Waals surface area contributed by atoms with E-state index in [2.05, 4.69) is 6.92 Å². The molecule has 6 heteroatoms. The van der Waals surface area contributed by atoms with Crippen molar-refractivity contribution in [2.75, 3.05) is 13.2 Å². The van der Waals surface area contributed by atoms with Gasteiger partial charge < -0.3 is 20.4 Å². The molecular weight excluding hydrogens is 348 g/mol. The zero-order valence-corrected chi connectivity index (χ0v) is 15.9. The van der Waals surface area contributed by atoms with Gasteiger partial charge in [0.15, 0.2) is 11.6 Å². The number of rotatable bonds is 3. The maximum Gasteiger partial charge on any atom is 0.190 e. The van der Waals surface area contributed by atoms with E-state index in [-0.39, 0.29) is 48.4 Å². The normalized spacial score (nSPS) is 49.1. The minimum absolute atomic E-state index is 0.0400. The Labute approximate surface area is 159 Å². The lowest BCUT2D eigenvalue weighted by atomic mass is 9.45. The van der Waals surface area contributed by atoms with Crippen LogP contribution in [0.3, 0.4) is 0 Å². The lowest BCUT2D eigenvalue weighted by molar-refractivity contribution is -0.197. The van der Waals surface area contributed by atoms with E-state index >= 15 is 0 Å². The van der Waals surface area contributed by atoms with Gasteiger partial charge in [-0.3, -0.25) is 9.59 Å². The Morgan fingerprint density at radius 1 is 1.22 bits per heavy atom. The van der Waals surface area contributed by atoms with Crippen molar-refractivity contribution in [3.63, 3.8) is 0 Å². The quantitative estimate of drug-likeness (QED) is 0.576. The van der Waals surface area contributed by atoms with E-state index in [1.807, 2.05) is 0 Å². The summed E-state index contributed by atoms with van der Waals surface area (Å²) in [5.74, 6) is -0.540. The fraction of sp³-hybridized carbons (Fsp3) is 0.810. The molecular formula is C21H30O6. The maximum absolute atomic E-state index is 12.4. The molecule has 27 heavy (non-hydrogen) atoms. The number of carbonyl (C=O) groups is 2. The molecule has 4 N–H and O–H groups in total. The summed E-state index contributed by atoms with van der Waals surface area (Å²) in [5, 5.41) is 42.1. The first kappa shape index (κ1) is 19.2. The molecule has 0 aromatic heterocycles. The highest BCUT2D eigenvalue weighted by molar-refractivity contribution is 5.91. The van der Waals surface area contributed by atoms with Gasteiger partial charge in [-0.25, -0.2) is 0 Å². The van der Waals surface area contributed by atoms with Gasteiger partial charge in [-0.1, -0.05) is 12.5 Å². The number of allylic oxidation sites excluding steroid dienone is 1. The van der Waals surface area contributed by atoms with Gasteiger partial charge in [0.1, 0.15) is 12.2 Å². The van der Waals surface area contributed by atoms with Crippen molar-refractivity contribution in [1.29, 1.82) is 0 Å². The summed E-state index contributed by atoms with van der Waals surface area (Å²) in [6.45, 7) is 0.997. The van der Waals surface area contributed by atoms with Gasteiger partial charge in [-0.15, -0.1) is 0 Å². The van der Waals surface area contributed by atoms with Crippen LogP contribution >= 0.6 is 0 Å². The van der Waals surface area contributed by atoms with E-state index < -0.39 is 29.5 Å². The number of ketones is 2. The number of Topliss-reactive ketones (excluding diaryl/α,β-unsaturated/α-hetero) is 1. The summed E-state index contributed by atoms with van der Waals surface area (Å²) in [6, 6.07) is 0. The third-order valence-electron chi connectivity index (χ3n) is 8.65. The molecule has 150 valence electrons. The Balaban J connectivity index is 1.76. The zero-order chi connectivity index (χ0) is 19.6. The van der Waals surface area contributed by atoms with Crippen LogP contribution in [0.15, 0.2) is 11.6 Å². The summed E-state index contributed by atoms with van der Waals surface area (Å²) in [5.41, 5.74) is -2.02. The van der Waals surface area contributed by atoms with Crippen LogP contribution in [0, 0.1) is 28.6 Å². The van der Waals surface area contributed by atoms with Gasteiger partial charge in [0.2, 0.25) is 0 Å². The van der Waals surface area contributed by atoms with Crippen molar-refractivity contribution < 1.29 is 30.0 Å². The van der Waals surface area contributed by atoms with E-state index in [1.54, 1.807) is 6.08 Å². The molecule has 1 unspecified atom stereocenters. The second-order valence-electron chi connectivity index (χ2n) is 9.45. The maximum atomic E-state index is 12.4. The molecule has 0 aromatic carbocycles. The first-order valence-electron chi connectivity index (χ1n) is 10.1. The standard InChI is InChI=1S/C21H30O6/c1-19-6-4-13(24)8-12(19)2-3-14-15-5-7-21(27,17(26)10-22)20(15,11-23)9-16(25)18(14)19/h8,14-16,18,22-23,25,27H,2-7,9-11H2,1H3/t14-,15-,16?,18+,19-,20+,21-/m0/s1. The number of hydrogen-bond donors (Lipinski definition) is 4. The van der Waals surface area contributed by atoms with Gasteiger partial charge in [-0.05, 0) is 67.8 Å². The molecule has 0 heterocycles. The first-order chi connectivity index (χ1) is 12.7. The van der Waals surface area contributed by atoms with E-state index in [9.17, 15) is 30.0 Å². The molecule has 0 bridgehead atoms.